The Balaban J connectivity index is 1.77. The first kappa shape index (κ1) is 15.9. The molecule has 0 aliphatic carbocycles. The molecular weight excluding hydrogens is 315 g/mol. The van der Waals surface area contributed by atoms with Gasteiger partial charge in [-0.1, -0.05) is 18.2 Å². The summed E-state index contributed by atoms with van der Waals surface area (Å²) < 4.78 is 19.3. The van der Waals surface area contributed by atoms with Crippen LogP contribution in [0.15, 0.2) is 51.7 Å². The largest absolute Gasteiger partial charge is 0.419 e. The van der Waals surface area contributed by atoms with Gasteiger partial charge >= 0.3 is 5.76 Å². The highest BCUT2D eigenvalue weighted by atomic mass is 19.1. The summed E-state index contributed by atoms with van der Waals surface area (Å²) in [5.74, 6) is -1.44. The van der Waals surface area contributed by atoms with Gasteiger partial charge in [-0.15, -0.1) is 0 Å². The zero-order valence-corrected chi connectivity index (χ0v) is 12.8. The first-order valence-corrected chi connectivity index (χ1v) is 7.27. The van der Waals surface area contributed by atoms with Crippen LogP contribution in [0, 0.1) is 5.82 Å². The van der Waals surface area contributed by atoms with E-state index in [1.165, 1.54) is 34.9 Å². The number of aryl methyl sites for hydroxylation is 1. The molecule has 1 amide bonds. The molecule has 0 radical (unpaired) electrons. The molecule has 124 valence electrons. The van der Waals surface area contributed by atoms with Crippen molar-refractivity contribution < 1.29 is 18.7 Å². The quantitative estimate of drug-likeness (QED) is 0.763. The maximum absolute atomic E-state index is 12.9. The molecule has 0 spiro atoms. The number of oxazole rings is 1. The number of carbonyl (C=O) groups excluding carboxylic acids is 1. The summed E-state index contributed by atoms with van der Waals surface area (Å²) in [5.41, 5.74) is 1.39. The molecule has 0 saturated carbocycles. The third-order valence-corrected chi connectivity index (χ3v) is 3.77. The molecule has 7 heteroatoms. The number of nitrogens with zero attached hydrogens (tertiary/aromatic N) is 1. The molecule has 2 aromatic carbocycles. The minimum absolute atomic E-state index is 0.0576. The average Bonchev–Trinajstić information content (AvgIpc) is 2.87. The number of hydrogen-bond acceptors (Lipinski definition) is 4. The third kappa shape index (κ3) is 2.93. The maximum Gasteiger partial charge on any atom is 0.419 e. The fourth-order valence-electron chi connectivity index (χ4n) is 2.42. The number of aromatic nitrogens is 1. The van der Waals surface area contributed by atoms with Crippen LogP contribution in [0.4, 0.5) is 4.39 Å². The van der Waals surface area contributed by atoms with Gasteiger partial charge < -0.3 is 14.8 Å². The molecule has 0 fully saturated rings. The van der Waals surface area contributed by atoms with Gasteiger partial charge in [-0.05, 0) is 29.8 Å². The molecule has 3 rings (SSSR count). The number of aliphatic hydroxyl groups is 1. The van der Waals surface area contributed by atoms with Crippen LogP contribution in [0.5, 0.6) is 0 Å². The van der Waals surface area contributed by atoms with Crippen LogP contribution in [0.3, 0.4) is 0 Å². The SMILES string of the molecule is Cn1c(=O)oc2c(C(=O)NCC(O)c3ccc(F)cc3)cccc21. The predicted octanol–water partition coefficient (Wildman–Crippen LogP) is 1.73. The number of amides is 1. The fourth-order valence-corrected chi connectivity index (χ4v) is 2.42. The Morgan fingerprint density at radius 3 is 2.71 bits per heavy atom. The van der Waals surface area contributed by atoms with Gasteiger partial charge in [0.1, 0.15) is 5.82 Å². The second-order valence-corrected chi connectivity index (χ2v) is 5.36. The summed E-state index contributed by atoms with van der Waals surface area (Å²) in [4.78, 5) is 23.9. The van der Waals surface area contributed by atoms with Crippen molar-refractivity contribution in [2.45, 2.75) is 6.10 Å². The van der Waals surface area contributed by atoms with E-state index in [1.807, 2.05) is 0 Å². The Morgan fingerprint density at radius 1 is 1.29 bits per heavy atom. The smallest absolute Gasteiger partial charge is 0.407 e. The van der Waals surface area contributed by atoms with Crippen molar-refractivity contribution in [1.29, 1.82) is 0 Å². The highest BCUT2D eigenvalue weighted by molar-refractivity contribution is 6.04. The molecule has 2 N–H and O–H groups in total. The van der Waals surface area contributed by atoms with E-state index in [4.69, 9.17) is 4.42 Å². The van der Waals surface area contributed by atoms with Crippen LogP contribution >= 0.6 is 0 Å². The number of fused-ring (bicyclic) bond motifs is 1. The molecule has 3 aromatic rings. The molecule has 6 nitrogen and oxygen atoms in total. The maximum atomic E-state index is 12.9. The lowest BCUT2D eigenvalue weighted by molar-refractivity contribution is 0.0917. The molecule has 1 atom stereocenters. The van der Waals surface area contributed by atoms with E-state index in [0.717, 1.165) is 0 Å². The molecule has 24 heavy (non-hydrogen) atoms. The topological polar surface area (TPSA) is 84.5 Å². The number of benzene rings is 2. The summed E-state index contributed by atoms with van der Waals surface area (Å²) in [5, 5.41) is 12.6. The van der Waals surface area contributed by atoms with Crippen LogP contribution in [-0.2, 0) is 7.05 Å². The normalized spacial score (nSPS) is 12.3. The van der Waals surface area contributed by atoms with E-state index in [1.54, 1.807) is 19.2 Å². The van der Waals surface area contributed by atoms with Gasteiger partial charge in [0.15, 0.2) is 5.58 Å². The Morgan fingerprint density at radius 2 is 2.00 bits per heavy atom. The van der Waals surface area contributed by atoms with Crippen molar-refractivity contribution in [2.24, 2.45) is 7.05 Å². The Bertz CT molecular complexity index is 943. The summed E-state index contributed by atoms with van der Waals surface area (Å²) in [6, 6.07) is 10.2. The van der Waals surface area contributed by atoms with Gasteiger partial charge in [0, 0.05) is 13.6 Å². The third-order valence-electron chi connectivity index (χ3n) is 3.77. The molecule has 1 aromatic heterocycles. The number of halogens is 1. The lowest BCUT2D eigenvalue weighted by atomic mass is 10.1. The Hall–Kier alpha value is -2.93. The van der Waals surface area contributed by atoms with Crippen LogP contribution in [0.25, 0.3) is 11.1 Å². The van der Waals surface area contributed by atoms with E-state index in [2.05, 4.69) is 5.32 Å². The molecule has 1 heterocycles. The molecule has 0 saturated heterocycles. The van der Waals surface area contributed by atoms with Crippen molar-refractivity contribution in [3.8, 4) is 0 Å². The van der Waals surface area contributed by atoms with Gasteiger partial charge in [-0.3, -0.25) is 9.36 Å². The van der Waals surface area contributed by atoms with Gasteiger partial charge in [0.05, 0.1) is 17.2 Å². The summed E-state index contributed by atoms with van der Waals surface area (Å²) in [7, 11) is 1.55. The van der Waals surface area contributed by atoms with E-state index in [-0.39, 0.29) is 17.7 Å². The lowest BCUT2D eigenvalue weighted by Crippen LogP contribution is -2.28. The number of para-hydroxylation sites is 1. The van der Waals surface area contributed by atoms with Crippen molar-refractivity contribution in [3.63, 3.8) is 0 Å². The van der Waals surface area contributed by atoms with E-state index in [0.29, 0.717) is 11.1 Å². The van der Waals surface area contributed by atoms with Gasteiger partial charge in [0.2, 0.25) is 0 Å². The molecule has 0 aliphatic heterocycles. The number of aliphatic hydroxyl groups excluding tert-OH is 1. The first-order valence-electron chi connectivity index (χ1n) is 7.27. The zero-order valence-electron chi connectivity index (χ0n) is 12.8. The highest BCUT2D eigenvalue weighted by Gasteiger charge is 2.17. The summed E-state index contributed by atoms with van der Waals surface area (Å²) >= 11 is 0. The monoisotopic (exact) mass is 330 g/mol. The lowest BCUT2D eigenvalue weighted by Gasteiger charge is -2.12. The van der Waals surface area contributed by atoms with Crippen molar-refractivity contribution in [2.75, 3.05) is 6.54 Å². The van der Waals surface area contributed by atoms with Crippen LogP contribution < -0.4 is 11.1 Å². The van der Waals surface area contributed by atoms with Gasteiger partial charge in [0.25, 0.3) is 5.91 Å². The number of rotatable bonds is 4. The van der Waals surface area contributed by atoms with Gasteiger partial charge in [-0.25, -0.2) is 9.18 Å². The Kier molecular flexibility index (Phi) is 4.18. The van der Waals surface area contributed by atoms with Crippen molar-refractivity contribution in [3.05, 3.63) is 70.0 Å². The van der Waals surface area contributed by atoms with E-state index < -0.39 is 23.6 Å². The van der Waals surface area contributed by atoms with Crippen LogP contribution in [0.2, 0.25) is 0 Å². The zero-order chi connectivity index (χ0) is 17.3. The fraction of sp³-hybridized carbons (Fsp3) is 0.176. The molecule has 0 aliphatic rings. The second-order valence-electron chi connectivity index (χ2n) is 5.36. The number of hydrogen-bond donors (Lipinski definition) is 2. The number of carbonyl (C=O) groups is 1. The van der Waals surface area contributed by atoms with Crippen molar-refractivity contribution in [1.82, 2.24) is 9.88 Å². The molecule has 0 bridgehead atoms. The molecule has 1 unspecified atom stereocenters. The minimum Gasteiger partial charge on any atom is -0.407 e. The summed E-state index contributed by atoms with van der Waals surface area (Å²) in [6.07, 6.45) is -0.975. The Labute approximate surface area is 136 Å². The van der Waals surface area contributed by atoms with Crippen LogP contribution in [-0.4, -0.2) is 22.1 Å². The van der Waals surface area contributed by atoms with E-state index >= 15 is 0 Å². The highest BCUT2D eigenvalue weighted by Crippen LogP contribution is 2.18. The standard InChI is InChI=1S/C17H15FN2O4/c1-20-13-4-2-3-12(15(13)24-17(20)23)16(22)19-9-14(21)10-5-7-11(18)8-6-10/h2-8,14,21H,9H2,1H3,(H,19,22). The first-order chi connectivity index (χ1) is 11.5. The van der Waals surface area contributed by atoms with E-state index in [9.17, 15) is 19.1 Å². The predicted molar refractivity (Wildman–Crippen MR) is 85.1 cm³/mol. The minimum atomic E-state index is -0.975. The second kappa shape index (κ2) is 6.29. The van der Waals surface area contributed by atoms with Gasteiger partial charge in [-0.2, -0.15) is 0 Å². The summed E-state index contributed by atoms with van der Waals surface area (Å²) in [6.45, 7) is -0.0576. The molecular formula is C17H15FN2O4. The average molecular weight is 330 g/mol. The number of nitrogens with one attached hydrogen (secondary N) is 1. The van der Waals surface area contributed by atoms with Crippen molar-refractivity contribution >= 4 is 17.0 Å². The van der Waals surface area contributed by atoms with Crippen LogP contribution in [0.1, 0.15) is 22.0 Å².